The van der Waals surface area contributed by atoms with Gasteiger partial charge in [0, 0.05) is 18.8 Å². The summed E-state index contributed by atoms with van der Waals surface area (Å²) in [5, 5.41) is 11.6. The highest BCUT2D eigenvalue weighted by Crippen LogP contribution is 2.28. The van der Waals surface area contributed by atoms with Crippen LogP contribution in [0.2, 0.25) is 5.02 Å². The normalized spacial score (nSPS) is 10.3. The standard InChI is InChI=1S/C16H19ClN4O2/c1-4-21(5-2)16(22)13-7-9-15(20-19-13)18-11-6-8-14(23-3)12(17)10-11/h6-10H,4-5H2,1-3H3,(H,18,20). The Balaban J connectivity index is 2.11. The molecule has 23 heavy (non-hydrogen) atoms. The molecule has 1 amide bonds. The van der Waals surface area contributed by atoms with Crippen LogP contribution in [0.5, 0.6) is 5.75 Å². The third kappa shape index (κ3) is 4.10. The zero-order valence-electron chi connectivity index (χ0n) is 13.3. The number of ether oxygens (including phenoxy) is 1. The van der Waals surface area contributed by atoms with Crippen molar-refractivity contribution in [2.24, 2.45) is 0 Å². The van der Waals surface area contributed by atoms with Gasteiger partial charge in [-0.15, -0.1) is 10.2 Å². The molecule has 1 heterocycles. The first kappa shape index (κ1) is 17.0. The molecule has 0 fully saturated rings. The second-order valence-corrected chi connectivity index (χ2v) is 5.16. The Hall–Kier alpha value is -2.34. The molecule has 122 valence electrons. The zero-order valence-corrected chi connectivity index (χ0v) is 14.1. The van der Waals surface area contributed by atoms with E-state index in [0.29, 0.717) is 35.4 Å². The van der Waals surface area contributed by atoms with Crippen LogP contribution >= 0.6 is 11.6 Å². The van der Waals surface area contributed by atoms with Crippen LogP contribution in [0.15, 0.2) is 30.3 Å². The van der Waals surface area contributed by atoms with Crippen molar-refractivity contribution in [2.45, 2.75) is 13.8 Å². The molecule has 0 saturated heterocycles. The molecule has 0 spiro atoms. The number of hydrogen-bond acceptors (Lipinski definition) is 5. The number of anilines is 2. The van der Waals surface area contributed by atoms with E-state index >= 15 is 0 Å². The summed E-state index contributed by atoms with van der Waals surface area (Å²) in [7, 11) is 1.56. The smallest absolute Gasteiger partial charge is 0.274 e. The largest absolute Gasteiger partial charge is 0.495 e. The Kier molecular flexibility index (Phi) is 5.76. The van der Waals surface area contributed by atoms with Crippen LogP contribution in [0.25, 0.3) is 0 Å². The lowest BCUT2D eigenvalue weighted by Crippen LogP contribution is -2.31. The molecular weight excluding hydrogens is 316 g/mol. The Morgan fingerprint density at radius 3 is 2.48 bits per heavy atom. The van der Waals surface area contributed by atoms with E-state index in [-0.39, 0.29) is 5.91 Å². The average molecular weight is 335 g/mol. The predicted molar refractivity (Wildman–Crippen MR) is 90.6 cm³/mol. The van der Waals surface area contributed by atoms with Gasteiger partial charge in [-0.3, -0.25) is 4.79 Å². The fourth-order valence-corrected chi connectivity index (χ4v) is 2.34. The summed E-state index contributed by atoms with van der Waals surface area (Å²) in [5.74, 6) is 1.01. The van der Waals surface area contributed by atoms with Crippen LogP contribution in [0.1, 0.15) is 24.3 Å². The van der Waals surface area contributed by atoms with Gasteiger partial charge in [-0.1, -0.05) is 11.6 Å². The fraction of sp³-hybridized carbons (Fsp3) is 0.312. The molecule has 1 aromatic carbocycles. The van der Waals surface area contributed by atoms with Crippen LogP contribution in [-0.2, 0) is 0 Å². The van der Waals surface area contributed by atoms with Crippen molar-refractivity contribution in [3.8, 4) is 5.75 Å². The molecule has 0 atom stereocenters. The highest BCUT2D eigenvalue weighted by atomic mass is 35.5. The highest BCUT2D eigenvalue weighted by molar-refractivity contribution is 6.32. The van der Waals surface area contributed by atoms with Crippen molar-refractivity contribution in [1.29, 1.82) is 0 Å². The van der Waals surface area contributed by atoms with Crippen molar-refractivity contribution in [3.05, 3.63) is 41.0 Å². The molecule has 0 aliphatic carbocycles. The van der Waals surface area contributed by atoms with Gasteiger partial charge in [-0.25, -0.2) is 0 Å². The molecule has 0 bridgehead atoms. The van der Waals surface area contributed by atoms with E-state index in [9.17, 15) is 4.79 Å². The summed E-state index contributed by atoms with van der Waals surface area (Å²) in [5.41, 5.74) is 1.08. The summed E-state index contributed by atoms with van der Waals surface area (Å²) in [6.07, 6.45) is 0. The zero-order chi connectivity index (χ0) is 16.8. The second kappa shape index (κ2) is 7.78. The maximum Gasteiger partial charge on any atom is 0.274 e. The monoisotopic (exact) mass is 334 g/mol. The summed E-state index contributed by atoms with van der Waals surface area (Å²) in [6, 6.07) is 8.68. The first-order chi connectivity index (χ1) is 11.1. The molecule has 1 N–H and O–H groups in total. The van der Waals surface area contributed by atoms with Gasteiger partial charge in [0.05, 0.1) is 12.1 Å². The number of carbonyl (C=O) groups is 1. The molecule has 0 unspecified atom stereocenters. The maximum atomic E-state index is 12.2. The summed E-state index contributed by atoms with van der Waals surface area (Å²) < 4.78 is 5.11. The van der Waals surface area contributed by atoms with Crippen LogP contribution in [0, 0.1) is 0 Å². The lowest BCUT2D eigenvalue weighted by molar-refractivity contribution is 0.0766. The van der Waals surface area contributed by atoms with Crippen LogP contribution in [0.4, 0.5) is 11.5 Å². The van der Waals surface area contributed by atoms with Crippen molar-refractivity contribution in [2.75, 3.05) is 25.5 Å². The topological polar surface area (TPSA) is 67.4 Å². The Morgan fingerprint density at radius 1 is 1.22 bits per heavy atom. The van der Waals surface area contributed by atoms with Gasteiger partial charge in [-0.2, -0.15) is 0 Å². The van der Waals surface area contributed by atoms with Crippen LogP contribution in [-0.4, -0.2) is 41.2 Å². The SMILES string of the molecule is CCN(CC)C(=O)c1ccc(Nc2ccc(OC)c(Cl)c2)nn1. The van der Waals surface area contributed by atoms with E-state index in [4.69, 9.17) is 16.3 Å². The first-order valence-corrected chi connectivity index (χ1v) is 7.70. The Bertz CT molecular complexity index is 672. The van der Waals surface area contributed by atoms with Crippen LogP contribution < -0.4 is 10.1 Å². The third-order valence-corrected chi connectivity index (χ3v) is 3.65. The minimum absolute atomic E-state index is 0.124. The highest BCUT2D eigenvalue weighted by Gasteiger charge is 2.14. The van der Waals surface area contributed by atoms with Gasteiger partial charge in [0.15, 0.2) is 11.5 Å². The molecule has 0 radical (unpaired) electrons. The fourth-order valence-electron chi connectivity index (χ4n) is 2.08. The number of amides is 1. The number of benzene rings is 1. The van der Waals surface area contributed by atoms with Gasteiger partial charge in [0.2, 0.25) is 0 Å². The number of hydrogen-bond donors (Lipinski definition) is 1. The second-order valence-electron chi connectivity index (χ2n) is 4.76. The molecule has 2 rings (SSSR count). The lowest BCUT2D eigenvalue weighted by Gasteiger charge is -2.17. The molecule has 7 heteroatoms. The number of methoxy groups -OCH3 is 1. The van der Waals surface area contributed by atoms with Gasteiger partial charge >= 0.3 is 0 Å². The van der Waals surface area contributed by atoms with E-state index in [1.54, 1.807) is 36.3 Å². The Morgan fingerprint density at radius 2 is 1.96 bits per heavy atom. The van der Waals surface area contributed by atoms with E-state index in [2.05, 4.69) is 15.5 Å². The predicted octanol–water partition coefficient (Wildman–Crippen LogP) is 3.36. The molecule has 2 aromatic rings. The van der Waals surface area contributed by atoms with Crippen molar-refractivity contribution in [3.63, 3.8) is 0 Å². The van der Waals surface area contributed by atoms with Crippen LogP contribution in [0.3, 0.4) is 0 Å². The quantitative estimate of drug-likeness (QED) is 0.877. The first-order valence-electron chi connectivity index (χ1n) is 7.32. The average Bonchev–Trinajstić information content (AvgIpc) is 2.57. The number of aromatic nitrogens is 2. The van der Waals surface area contributed by atoms with Gasteiger partial charge in [-0.05, 0) is 44.2 Å². The molecule has 1 aromatic heterocycles. The van der Waals surface area contributed by atoms with E-state index < -0.39 is 0 Å². The van der Waals surface area contributed by atoms with Crippen molar-refractivity contribution >= 4 is 29.0 Å². The number of carbonyl (C=O) groups excluding carboxylic acids is 1. The van der Waals surface area contributed by atoms with E-state index in [1.165, 1.54) is 0 Å². The van der Waals surface area contributed by atoms with Gasteiger partial charge in [0.25, 0.3) is 5.91 Å². The summed E-state index contributed by atoms with van der Waals surface area (Å²) >= 11 is 6.08. The number of rotatable bonds is 6. The molecular formula is C16H19ClN4O2. The lowest BCUT2D eigenvalue weighted by atomic mass is 10.3. The third-order valence-electron chi connectivity index (χ3n) is 3.36. The number of nitrogens with one attached hydrogen (secondary N) is 1. The molecule has 6 nitrogen and oxygen atoms in total. The molecule has 0 aliphatic rings. The van der Waals surface area contributed by atoms with E-state index in [0.717, 1.165) is 5.69 Å². The van der Waals surface area contributed by atoms with Crippen molar-refractivity contribution in [1.82, 2.24) is 15.1 Å². The minimum Gasteiger partial charge on any atom is -0.495 e. The van der Waals surface area contributed by atoms with Gasteiger partial charge < -0.3 is 15.0 Å². The number of nitrogens with zero attached hydrogens (tertiary/aromatic N) is 3. The Labute approximate surface area is 140 Å². The minimum atomic E-state index is -0.124. The summed E-state index contributed by atoms with van der Waals surface area (Å²) in [6.45, 7) is 5.14. The van der Waals surface area contributed by atoms with E-state index in [1.807, 2.05) is 19.9 Å². The van der Waals surface area contributed by atoms with Gasteiger partial charge in [0.1, 0.15) is 5.75 Å². The number of halogens is 1. The molecule has 0 saturated carbocycles. The van der Waals surface area contributed by atoms with Crippen molar-refractivity contribution < 1.29 is 9.53 Å². The molecule has 0 aliphatic heterocycles. The maximum absolute atomic E-state index is 12.2. The summed E-state index contributed by atoms with van der Waals surface area (Å²) in [4.78, 5) is 13.9.